The molecule has 2 aromatic rings. The van der Waals surface area contributed by atoms with Crippen molar-refractivity contribution in [3.8, 4) is 11.8 Å². The lowest BCUT2D eigenvalue weighted by atomic mass is 9.95. The SMILES string of the molecule is O=C(CC(O)(C#Cc1ccccc1)C(F)(F)F)c1ccccn1. The molecule has 0 amide bonds. The Kier molecular flexibility index (Phi) is 4.82. The van der Waals surface area contributed by atoms with Crippen molar-refractivity contribution in [2.24, 2.45) is 0 Å². The second-order valence-electron chi connectivity index (χ2n) is 4.79. The first-order valence-electron chi connectivity index (χ1n) is 6.63. The number of halogens is 3. The van der Waals surface area contributed by atoms with Gasteiger partial charge in [-0.2, -0.15) is 13.2 Å². The summed E-state index contributed by atoms with van der Waals surface area (Å²) in [5.41, 5.74) is -3.28. The van der Waals surface area contributed by atoms with Crippen molar-refractivity contribution >= 4 is 5.78 Å². The van der Waals surface area contributed by atoms with Gasteiger partial charge in [0.1, 0.15) is 5.69 Å². The van der Waals surface area contributed by atoms with Crippen molar-refractivity contribution in [2.45, 2.75) is 18.2 Å². The first-order valence-corrected chi connectivity index (χ1v) is 6.63. The van der Waals surface area contributed by atoms with Gasteiger partial charge in [-0.1, -0.05) is 36.1 Å². The zero-order valence-corrected chi connectivity index (χ0v) is 11.8. The predicted molar refractivity (Wildman–Crippen MR) is 77.5 cm³/mol. The lowest BCUT2D eigenvalue weighted by Gasteiger charge is -2.24. The van der Waals surface area contributed by atoms with E-state index in [1.165, 1.54) is 36.5 Å². The molecular formula is C17H12F3NO2. The van der Waals surface area contributed by atoms with E-state index in [1.807, 2.05) is 0 Å². The van der Waals surface area contributed by atoms with Crippen LogP contribution in [0.15, 0.2) is 54.7 Å². The molecule has 0 saturated carbocycles. The molecule has 0 fully saturated rings. The average Bonchev–Trinajstić information content (AvgIpc) is 2.54. The first kappa shape index (κ1) is 16.7. The second kappa shape index (κ2) is 6.63. The summed E-state index contributed by atoms with van der Waals surface area (Å²) in [4.78, 5) is 15.6. The Morgan fingerprint density at radius 3 is 2.30 bits per heavy atom. The summed E-state index contributed by atoms with van der Waals surface area (Å²) in [5, 5.41) is 9.89. The van der Waals surface area contributed by atoms with Crippen LogP contribution in [0.3, 0.4) is 0 Å². The molecule has 0 bridgehead atoms. The van der Waals surface area contributed by atoms with Gasteiger partial charge in [0.15, 0.2) is 5.78 Å². The van der Waals surface area contributed by atoms with Crippen molar-refractivity contribution in [1.82, 2.24) is 4.98 Å². The quantitative estimate of drug-likeness (QED) is 0.699. The van der Waals surface area contributed by atoms with Crippen LogP contribution in [-0.4, -0.2) is 27.7 Å². The number of pyridine rings is 1. The van der Waals surface area contributed by atoms with Gasteiger partial charge in [0, 0.05) is 11.8 Å². The third kappa shape index (κ3) is 4.18. The van der Waals surface area contributed by atoms with E-state index < -0.39 is 24.0 Å². The van der Waals surface area contributed by atoms with Gasteiger partial charge in [-0.05, 0) is 24.3 Å². The van der Waals surface area contributed by atoms with Crippen molar-refractivity contribution in [1.29, 1.82) is 0 Å². The highest BCUT2D eigenvalue weighted by Crippen LogP contribution is 2.33. The Balaban J connectivity index is 2.30. The van der Waals surface area contributed by atoms with Crippen LogP contribution in [0.5, 0.6) is 0 Å². The van der Waals surface area contributed by atoms with Gasteiger partial charge in [-0.3, -0.25) is 9.78 Å². The van der Waals surface area contributed by atoms with Crippen LogP contribution >= 0.6 is 0 Å². The second-order valence-corrected chi connectivity index (χ2v) is 4.79. The smallest absolute Gasteiger partial charge is 0.369 e. The van der Waals surface area contributed by atoms with Crippen LogP contribution in [0.25, 0.3) is 0 Å². The van der Waals surface area contributed by atoms with E-state index in [1.54, 1.807) is 24.1 Å². The highest BCUT2D eigenvalue weighted by atomic mass is 19.4. The number of Topliss-reactive ketones (excluding diaryl/α,β-unsaturated/α-hetero) is 1. The summed E-state index contributed by atoms with van der Waals surface area (Å²) in [6.07, 6.45) is -5.00. The Labute approximate surface area is 130 Å². The summed E-state index contributed by atoms with van der Waals surface area (Å²) in [7, 11) is 0. The summed E-state index contributed by atoms with van der Waals surface area (Å²) >= 11 is 0. The molecule has 0 saturated heterocycles. The van der Waals surface area contributed by atoms with Crippen molar-refractivity contribution < 1.29 is 23.1 Å². The molecule has 0 aliphatic carbocycles. The maximum Gasteiger partial charge on any atom is 0.429 e. The maximum absolute atomic E-state index is 13.2. The van der Waals surface area contributed by atoms with Crippen molar-refractivity contribution in [3.05, 3.63) is 66.0 Å². The summed E-state index contributed by atoms with van der Waals surface area (Å²) in [5.74, 6) is 3.10. The number of alkyl halides is 3. The molecule has 1 aromatic carbocycles. The molecule has 118 valence electrons. The average molecular weight is 319 g/mol. The van der Waals surface area contributed by atoms with Gasteiger partial charge in [-0.15, -0.1) is 0 Å². The minimum atomic E-state index is -5.07. The van der Waals surface area contributed by atoms with Gasteiger partial charge in [0.05, 0.1) is 6.42 Å². The van der Waals surface area contributed by atoms with Gasteiger partial charge in [-0.25, -0.2) is 0 Å². The van der Waals surface area contributed by atoms with Crippen LogP contribution in [0.4, 0.5) is 13.2 Å². The molecule has 0 aliphatic heterocycles. The van der Waals surface area contributed by atoms with Gasteiger partial charge in [0.2, 0.25) is 5.60 Å². The number of carbonyl (C=O) groups is 1. The summed E-state index contributed by atoms with van der Waals surface area (Å²) in [6, 6.07) is 12.2. The van der Waals surface area contributed by atoms with E-state index in [2.05, 4.69) is 10.9 Å². The number of benzene rings is 1. The molecule has 2 rings (SSSR count). The molecule has 1 atom stereocenters. The molecule has 23 heavy (non-hydrogen) atoms. The lowest BCUT2D eigenvalue weighted by Crippen LogP contribution is -2.45. The van der Waals surface area contributed by atoms with E-state index in [-0.39, 0.29) is 5.69 Å². The fraction of sp³-hybridized carbons (Fsp3) is 0.176. The van der Waals surface area contributed by atoms with E-state index in [0.717, 1.165) is 0 Å². The molecule has 0 aliphatic rings. The van der Waals surface area contributed by atoms with E-state index in [9.17, 15) is 23.1 Å². The number of carbonyl (C=O) groups excluding carboxylic acids is 1. The molecule has 1 heterocycles. The third-order valence-electron chi connectivity index (χ3n) is 3.02. The van der Waals surface area contributed by atoms with Gasteiger partial charge < -0.3 is 5.11 Å². The van der Waals surface area contributed by atoms with Gasteiger partial charge >= 0.3 is 6.18 Å². The number of ketones is 1. The van der Waals surface area contributed by atoms with Crippen LogP contribution in [0, 0.1) is 11.8 Å². The third-order valence-corrected chi connectivity index (χ3v) is 3.02. The minimum Gasteiger partial charge on any atom is -0.369 e. The number of nitrogens with zero attached hydrogens (tertiary/aromatic N) is 1. The lowest BCUT2D eigenvalue weighted by molar-refractivity contribution is -0.233. The molecule has 0 spiro atoms. The monoisotopic (exact) mass is 319 g/mol. The topological polar surface area (TPSA) is 50.2 Å². The van der Waals surface area contributed by atoms with Crippen LogP contribution in [0.1, 0.15) is 22.5 Å². The zero-order valence-electron chi connectivity index (χ0n) is 11.8. The molecule has 1 N–H and O–H groups in total. The number of aliphatic hydroxyl groups is 1. The largest absolute Gasteiger partial charge is 0.429 e. The van der Waals surface area contributed by atoms with E-state index in [0.29, 0.717) is 5.56 Å². The van der Waals surface area contributed by atoms with Crippen molar-refractivity contribution in [2.75, 3.05) is 0 Å². The predicted octanol–water partition coefficient (Wildman–Crippen LogP) is 3.00. The van der Waals surface area contributed by atoms with Crippen LogP contribution in [0.2, 0.25) is 0 Å². The zero-order chi connectivity index (χ0) is 16.9. The molecule has 1 aromatic heterocycles. The Hall–Kier alpha value is -2.65. The molecule has 1 unspecified atom stereocenters. The number of hydrogen-bond donors (Lipinski definition) is 1. The highest BCUT2D eigenvalue weighted by Gasteiger charge is 2.54. The number of hydrogen-bond acceptors (Lipinski definition) is 3. The molecule has 3 nitrogen and oxygen atoms in total. The Morgan fingerprint density at radius 2 is 1.74 bits per heavy atom. The van der Waals surface area contributed by atoms with Crippen LogP contribution < -0.4 is 0 Å². The van der Waals surface area contributed by atoms with E-state index in [4.69, 9.17) is 0 Å². The normalized spacial score (nSPS) is 13.6. The van der Waals surface area contributed by atoms with Crippen molar-refractivity contribution in [3.63, 3.8) is 0 Å². The highest BCUT2D eigenvalue weighted by molar-refractivity contribution is 5.95. The number of aromatic nitrogens is 1. The Morgan fingerprint density at radius 1 is 1.09 bits per heavy atom. The molecular weight excluding hydrogens is 307 g/mol. The minimum absolute atomic E-state index is 0.156. The summed E-state index contributed by atoms with van der Waals surface area (Å²) in [6.45, 7) is 0. The fourth-order valence-corrected chi connectivity index (χ4v) is 1.76. The molecule has 6 heteroatoms. The van der Waals surface area contributed by atoms with Crippen LogP contribution in [-0.2, 0) is 0 Å². The molecule has 0 radical (unpaired) electrons. The maximum atomic E-state index is 13.2. The fourth-order valence-electron chi connectivity index (χ4n) is 1.76. The van der Waals surface area contributed by atoms with E-state index >= 15 is 0 Å². The standard InChI is InChI=1S/C17H12F3NO2/c18-17(19,20)16(23,10-9-13-6-2-1-3-7-13)12-15(22)14-8-4-5-11-21-14/h1-8,11,23H,12H2. The van der Waals surface area contributed by atoms with Gasteiger partial charge in [0.25, 0.3) is 0 Å². The first-order chi connectivity index (χ1) is 10.8. The number of rotatable bonds is 3. The Bertz CT molecular complexity index is 733. The summed E-state index contributed by atoms with van der Waals surface area (Å²) < 4.78 is 39.5.